The first-order valence-corrected chi connectivity index (χ1v) is 8.09. The summed E-state index contributed by atoms with van der Waals surface area (Å²) in [6.07, 6.45) is 3.73. The summed E-state index contributed by atoms with van der Waals surface area (Å²) in [5.41, 5.74) is 3.33. The van der Waals surface area contributed by atoms with Crippen molar-refractivity contribution in [3.8, 4) is 5.69 Å². The Morgan fingerprint density at radius 1 is 1.39 bits per heavy atom. The molecule has 120 valence electrons. The third-order valence-electron chi connectivity index (χ3n) is 6.50. The Kier molecular flexibility index (Phi) is 2.68. The van der Waals surface area contributed by atoms with E-state index in [-0.39, 0.29) is 22.2 Å². The van der Waals surface area contributed by atoms with Gasteiger partial charge in [0.2, 0.25) is 0 Å². The predicted molar refractivity (Wildman–Crippen MR) is 89.5 cm³/mol. The van der Waals surface area contributed by atoms with E-state index in [1.54, 1.807) is 16.8 Å². The van der Waals surface area contributed by atoms with Crippen LogP contribution in [0, 0.1) is 11.2 Å². The zero-order chi connectivity index (χ0) is 16.6. The summed E-state index contributed by atoms with van der Waals surface area (Å²) in [7, 11) is 0. The van der Waals surface area contributed by atoms with Gasteiger partial charge in [-0.3, -0.25) is 9.89 Å². The van der Waals surface area contributed by atoms with Gasteiger partial charge in [-0.05, 0) is 42.4 Å². The van der Waals surface area contributed by atoms with Gasteiger partial charge in [0.05, 0.1) is 5.69 Å². The first-order valence-electron chi connectivity index (χ1n) is 8.09. The molecule has 2 atom stereocenters. The lowest BCUT2D eigenvalue weighted by molar-refractivity contribution is 0.224. The number of halogens is 1. The van der Waals surface area contributed by atoms with Crippen molar-refractivity contribution >= 4 is 6.08 Å². The van der Waals surface area contributed by atoms with Crippen molar-refractivity contribution in [3.63, 3.8) is 0 Å². The molecule has 0 saturated heterocycles. The van der Waals surface area contributed by atoms with Crippen LogP contribution in [-0.4, -0.2) is 9.78 Å². The van der Waals surface area contributed by atoms with E-state index in [4.69, 9.17) is 0 Å². The standard InChI is InChI=1S/C19H21FN2O/c1-5-11-10-12(20)6-7-14(11)22-17(23)15-13-8-9-19(4,16(15)21-22)18(13,2)3/h5-7,10,13,21H,1,8-9H2,2-4H3/t13?,19-/m1/s1. The Labute approximate surface area is 134 Å². The zero-order valence-corrected chi connectivity index (χ0v) is 13.7. The maximum absolute atomic E-state index is 13.5. The number of aromatic amines is 1. The van der Waals surface area contributed by atoms with E-state index in [9.17, 15) is 9.18 Å². The summed E-state index contributed by atoms with van der Waals surface area (Å²) in [5.74, 6) is -0.0379. The van der Waals surface area contributed by atoms with E-state index in [0.29, 0.717) is 17.2 Å². The van der Waals surface area contributed by atoms with E-state index >= 15 is 0 Å². The van der Waals surface area contributed by atoms with Crippen molar-refractivity contribution in [3.05, 3.63) is 57.8 Å². The number of nitrogens with one attached hydrogen (secondary N) is 1. The molecule has 1 saturated carbocycles. The molecule has 4 heteroatoms. The van der Waals surface area contributed by atoms with Crippen LogP contribution in [0.4, 0.5) is 4.39 Å². The smallest absolute Gasteiger partial charge is 0.275 e. The van der Waals surface area contributed by atoms with Crippen LogP contribution in [0.25, 0.3) is 11.8 Å². The molecule has 2 bridgehead atoms. The Morgan fingerprint density at radius 3 is 2.78 bits per heavy atom. The van der Waals surface area contributed by atoms with Gasteiger partial charge in [0.1, 0.15) is 5.82 Å². The second-order valence-corrected chi connectivity index (χ2v) is 7.59. The second kappa shape index (κ2) is 4.25. The molecule has 1 heterocycles. The third kappa shape index (κ3) is 1.56. The van der Waals surface area contributed by atoms with Crippen LogP contribution in [0.15, 0.2) is 29.6 Å². The lowest BCUT2D eigenvalue weighted by Gasteiger charge is -2.34. The number of hydrogen-bond donors (Lipinski definition) is 1. The van der Waals surface area contributed by atoms with Gasteiger partial charge in [-0.2, -0.15) is 0 Å². The van der Waals surface area contributed by atoms with Gasteiger partial charge in [0, 0.05) is 22.2 Å². The summed E-state index contributed by atoms with van der Waals surface area (Å²) in [4.78, 5) is 13.0. The lowest BCUT2D eigenvalue weighted by Crippen LogP contribution is -2.33. The highest BCUT2D eigenvalue weighted by Gasteiger charge is 2.61. The molecule has 2 aromatic rings. The van der Waals surface area contributed by atoms with Crippen LogP contribution in [0.2, 0.25) is 0 Å². The van der Waals surface area contributed by atoms with Gasteiger partial charge in [-0.1, -0.05) is 33.4 Å². The molecule has 1 aromatic carbocycles. The fraction of sp³-hybridized carbons (Fsp3) is 0.421. The molecule has 2 aliphatic rings. The van der Waals surface area contributed by atoms with E-state index in [1.807, 2.05) is 0 Å². The van der Waals surface area contributed by atoms with Crippen molar-refractivity contribution in [1.29, 1.82) is 0 Å². The number of nitrogens with zero attached hydrogens (tertiary/aromatic N) is 1. The number of hydrogen-bond acceptors (Lipinski definition) is 1. The maximum Gasteiger partial charge on any atom is 0.275 e. The SMILES string of the molecule is C=Cc1cc(F)ccc1-n1[nH]c2c(c1=O)C1CC[C@@]2(C)C1(C)C. The summed E-state index contributed by atoms with van der Waals surface area (Å²) in [5, 5.41) is 3.33. The maximum atomic E-state index is 13.5. The number of H-pyrrole nitrogens is 1. The van der Waals surface area contributed by atoms with Gasteiger partial charge in [-0.25, -0.2) is 9.07 Å². The Morgan fingerprint density at radius 2 is 2.13 bits per heavy atom. The van der Waals surface area contributed by atoms with Crippen molar-refractivity contribution < 1.29 is 4.39 Å². The minimum absolute atomic E-state index is 0.00351. The molecule has 3 nitrogen and oxygen atoms in total. The van der Waals surface area contributed by atoms with E-state index in [1.165, 1.54) is 12.1 Å². The average Bonchev–Trinajstić information content (AvgIpc) is 3.02. The third-order valence-corrected chi connectivity index (χ3v) is 6.50. The van der Waals surface area contributed by atoms with Crippen LogP contribution in [0.3, 0.4) is 0 Å². The van der Waals surface area contributed by atoms with Gasteiger partial charge >= 0.3 is 0 Å². The highest BCUT2D eigenvalue weighted by atomic mass is 19.1. The molecule has 4 rings (SSSR count). The summed E-state index contributed by atoms with van der Waals surface area (Å²) < 4.78 is 15.0. The fourth-order valence-corrected chi connectivity index (χ4v) is 4.71. The van der Waals surface area contributed by atoms with Crippen molar-refractivity contribution in [2.75, 3.05) is 0 Å². The molecule has 0 amide bonds. The van der Waals surface area contributed by atoms with E-state index in [2.05, 4.69) is 32.4 Å². The monoisotopic (exact) mass is 312 g/mol. The minimum atomic E-state index is -0.330. The highest BCUT2D eigenvalue weighted by molar-refractivity contribution is 5.60. The van der Waals surface area contributed by atoms with Crippen molar-refractivity contribution in [2.24, 2.45) is 5.41 Å². The van der Waals surface area contributed by atoms with Crippen molar-refractivity contribution in [1.82, 2.24) is 9.78 Å². The predicted octanol–water partition coefficient (Wildman–Crippen LogP) is 4.12. The average molecular weight is 312 g/mol. The second-order valence-electron chi connectivity index (χ2n) is 7.59. The molecule has 1 N–H and O–H groups in total. The molecule has 0 spiro atoms. The van der Waals surface area contributed by atoms with Gasteiger partial charge in [0.15, 0.2) is 0 Å². The minimum Gasteiger partial charge on any atom is -0.294 e. The molecule has 1 unspecified atom stereocenters. The molecule has 1 fully saturated rings. The van der Waals surface area contributed by atoms with Crippen LogP contribution in [-0.2, 0) is 5.41 Å². The van der Waals surface area contributed by atoms with Crippen LogP contribution >= 0.6 is 0 Å². The summed E-state index contributed by atoms with van der Waals surface area (Å²) in [6.45, 7) is 10.5. The first-order chi connectivity index (χ1) is 10.8. The molecule has 0 aliphatic heterocycles. The van der Waals surface area contributed by atoms with Crippen molar-refractivity contribution in [2.45, 2.75) is 44.9 Å². The van der Waals surface area contributed by atoms with Gasteiger partial charge in [0.25, 0.3) is 5.56 Å². The van der Waals surface area contributed by atoms with Crippen LogP contribution in [0.5, 0.6) is 0 Å². The number of rotatable bonds is 2. The largest absolute Gasteiger partial charge is 0.294 e. The summed E-state index contributed by atoms with van der Waals surface area (Å²) in [6, 6.07) is 4.41. The molecular formula is C19H21FN2O. The lowest BCUT2D eigenvalue weighted by atomic mass is 9.70. The number of benzene rings is 1. The molecule has 1 aromatic heterocycles. The quantitative estimate of drug-likeness (QED) is 0.890. The zero-order valence-electron chi connectivity index (χ0n) is 13.7. The molecule has 0 radical (unpaired) electrons. The topological polar surface area (TPSA) is 37.8 Å². The van der Waals surface area contributed by atoms with Crippen LogP contribution < -0.4 is 5.56 Å². The highest BCUT2D eigenvalue weighted by Crippen LogP contribution is 2.66. The number of aromatic nitrogens is 2. The molecule has 23 heavy (non-hydrogen) atoms. The van der Waals surface area contributed by atoms with Gasteiger partial charge in [-0.15, -0.1) is 0 Å². The molecular weight excluding hydrogens is 291 g/mol. The van der Waals surface area contributed by atoms with Gasteiger partial charge < -0.3 is 0 Å². The molecule has 2 aliphatic carbocycles. The Bertz CT molecular complexity index is 889. The summed E-state index contributed by atoms with van der Waals surface area (Å²) >= 11 is 0. The van der Waals surface area contributed by atoms with E-state index < -0.39 is 0 Å². The van der Waals surface area contributed by atoms with E-state index in [0.717, 1.165) is 24.1 Å². The van der Waals surface area contributed by atoms with Crippen LogP contribution in [0.1, 0.15) is 56.4 Å². The Hall–Kier alpha value is -2.10. The Balaban J connectivity index is 1.97. The normalized spacial score (nSPS) is 27.2. The fourth-order valence-electron chi connectivity index (χ4n) is 4.71. The number of fused-ring (bicyclic) bond motifs is 5. The first kappa shape index (κ1) is 14.5.